The minimum absolute atomic E-state index is 0.670. The molecule has 6 heteroatoms. The van der Waals surface area contributed by atoms with Gasteiger partial charge in [0.1, 0.15) is 15.2 Å². The lowest BCUT2D eigenvalue weighted by Gasteiger charge is -2.19. The first-order chi connectivity index (χ1) is 9.22. The first-order valence-corrected chi connectivity index (χ1v) is 7.47. The largest absolute Gasteiger partial charge is 0.377 e. The third-order valence-electron chi connectivity index (χ3n) is 2.80. The van der Waals surface area contributed by atoms with E-state index in [9.17, 15) is 0 Å². The fourth-order valence-electron chi connectivity index (χ4n) is 1.77. The van der Waals surface area contributed by atoms with E-state index >= 15 is 0 Å². The maximum atomic E-state index is 5.84. The Bertz CT molecular complexity index is 508. The number of pyridine rings is 1. The van der Waals surface area contributed by atoms with Gasteiger partial charge < -0.3 is 10.2 Å². The van der Waals surface area contributed by atoms with Crippen LogP contribution >= 0.6 is 22.9 Å². The molecule has 0 spiro atoms. The van der Waals surface area contributed by atoms with Gasteiger partial charge >= 0.3 is 0 Å². The molecule has 1 N–H and O–H groups in total. The molecular weight excluding hydrogens is 280 g/mol. The van der Waals surface area contributed by atoms with Crippen LogP contribution in [0.1, 0.15) is 18.9 Å². The number of anilines is 2. The Labute approximate surface area is 122 Å². The molecule has 0 aromatic carbocycles. The van der Waals surface area contributed by atoms with Crippen LogP contribution in [0.15, 0.2) is 24.5 Å². The van der Waals surface area contributed by atoms with E-state index in [1.54, 1.807) is 6.20 Å². The van der Waals surface area contributed by atoms with Gasteiger partial charge in [-0.1, -0.05) is 11.6 Å². The van der Waals surface area contributed by atoms with Crippen molar-refractivity contribution in [2.24, 2.45) is 0 Å². The van der Waals surface area contributed by atoms with Crippen molar-refractivity contribution in [3.05, 3.63) is 33.9 Å². The molecule has 0 aliphatic rings. The molecule has 2 aromatic rings. The molecule has 0 atom stereocenters. The number of nitrogens with zero attached hydrogens (tertiary/aromatic N) is 3. The van der Waals surface area contributed by atoms with E-state index in [-0.39, 0.29) is 0 Å². The van der Waals surface area contributed by atoms with Crippen molar-refractivity contribution >= 4 is 34.4 Å². The molecule has 2 rings (SSSR count). The summed E-state index contributed by atoms with van der Waals surface area (Å²) in [5, 5.41) is 4.25. The Kier molecular flexibility index (Phi) is 4.99. The van der Waals surface area contributed by atoms with Gasteiger partial charge in [0.05, 0.1) is 24.6 Å². The summed E-state index contributed by atoms with van der Waals surface area (Å²) in [6, 6.07) is 4.07. The Hall–Kier alpha value is -1.33. The highest BCUT2D eigenvalue weighted by Crippen LogP contribution is 2.20. The third kappa shape index (κ3) is 3.81. The fraction of sp³-hybridized carbons (Fsp3) is 0.385. The second kappa shape index (κ2) is 6.73. The van der Waals surface area contributed by atoms with Crippen LogP contribution in [-0.4, -0.2) is 23.1 Å². The number of nitrogens with one attached hydrogen (secondary N) is 1. The highest BCUT2D eigenvalue weighted by Gasteiger charge is 2.03. The molecule has 0 aliphatic carbocycles. The maximum Gasteiger partial charge on any atom is 0.128 e. The highest BCUT2D eigenvalue weighted by atomic mass is 35.5. The monoisotopic (exact) mass is 296 g/mol. The van der Waals surface area contributed by atoms with Gasteiger partial charge in [-0.15, -0.1) is 11.3 Å². The molecule has 0 unspecified atom stereocenters. The minimum atomic E-state index is 0.670. The van der Waals surface area contributed by atoms with E-state index in [1.165, 1.54) is 11.3 Å². The van der Waals surface area contributed by atoms with E-state index in [0.29, 0.717) is 10.9 Å². The molecule has 4 nitrogen and oxygen atoms in total. The summed E-state index contributed by atoms with van der Waals surface area (Å²) < 4.78 is 0.715. The van der Waals surface area contributed by atoms with Crippen LogP contribution in [-0.2, 0) is 6.54 Å². The molecule has 0 radical (unpaired) electrons. The molecule has 19 heavy (non-hydrogen) atoms. The van der Waals surface area contributed by atoms with Gasteiger partial charge in [0, 0.05) is 13.1 Å². The van der Waals surface area contributed by atoms with Crippen LogP contribution in [0.5, 0.6) is 0 Å². The van der Waals surface area contributed by atoms with Crippen LogP contribution in [0.25, 0.3) is 0 Å². The molecule has 0 saturated carbocycles. The van der Waals surface area contributed by atoms with Crippen LogP contribution in [0.2, 0.25) is 4.34 Å². The van der Waals surface area contributed by atoms with E-state index in [2.05, 4.69) is 34.0 Å². The molecule has 2 heterocycles. The van der Waals surface area contributed by atoms with Crippen molar-refractivity contribution in [2.75, 3.05) is 23.3 Å². The molecule has 2 aromatic heterocycles. The second-order valence-corrected chi connectivity index (χ2v) is 5.74. The Morgan fingerprint density at radius 3 is 2.53 bits per heavy atom. The Morgan fingerprint density at radius 2 is 2.00 bits per heavy atom. The summed E-state index contributed by atoms with van der Waals surface area (Å²) >= 11 is 7.33. The summed E-state index contributed by atoms with van der Waals surface area (Å²) in [6.45, 7) is 6.86. The molecular formula is C13H17ClN4S. The first kappa shape index (κ1) is 14.1. The van der Waals surface area contributed by atoms with Gasteiger partial charge in [0.25, 0.3) is 0 Å². The average Bonchev–Trinajstić information content (AvgIpc) is 2.85. The van der Waals surface area contributed by atoms with Crippen LogP contribution in [0.4, 0.5) is 11.5 Å². The van der Waals surface area contributed by atoms with Gasteiger partial charge in [-0.2, -0.15) is 0 Å². The molecule has 0 saturated heterocycles. The lowest BCUT2D eigenvalue weighted by atomic mass is 10.3. The van der Waals surface area contributed by atoms with E-state index in [0.717, 1.165) is 29.6 Å². The number of halogens is 1. The van der Waals surface area contributed by atoms with Crippen molar-refractivity contribution in [2.45, 2.75) is 20.4 Å². The van der Waals surface area contributed by atoms with Crippen molar-refractivity contribution in [1.29, 1.82) is 0 Å². The number of rotatable bonds is 6. The van der Waals surface area contributed by atoms with Gasteiger partial charge in [-0.3, -0.25) is 0 Å². The molecule has 0 aliphatic heterocycles. The number of aromatic nitrogens is 2. The van der Waals surface area contributed by atoms with Gasteiger partial charge in [0.2, 0.25) is 0 Å². The normalized spacial score (nSPS) is 10.5. The van der Waals surface area contributed by atoms with Gasteiger partial charge in [-0.25, -0.2) is 9.97 Å². The zero-order valence-electron chi connectivity index (χ0n) is 11.1. The van der Waals surface area contributed by atoms with Crippen LogP contribution in [0.3, 0.4) is 0 Å². The Morgan fingerprint density at radius 1 is 1.21 bits per heavy atom. The predicted molar refractivity (Wildman–Crippen MR) is 82.2 cm³/mol. The summed E-state index contributed by atoms with van der Waals surface area (Å²) in [6.07, 6.45) is 3.52. The smallest absolute Gasteiger partial charge is 0.128 e. The summed E-state index contributed by atoms with van der Waals surface area (Å²) in [4.78, 5) is 10.9. The predicted octanol–water partition coefficient (Wildman–Crippen LogP) is 3.65. The number of hydrogen-bond donors (Lipinski definition) is 1. The lowest BCUT2D eigenvalue weighted by molar-refractivity contribution is 0.846. The van der Waals surface area contributed by atoms with Crippen molar-refractivity contribution in [3.63, 3.8) is 0 Å². The minimum Gasteiger partial charge on any atom is -0.377 e. The zero-order valence-corrected chi connectivity index (χ0v) is 12.6. The quantitative estimate of drug-likeness (QED) is 0.883. The van der Waals surface area contributed by atoms with Crippen molar-refractivity contribution in [1.82, 2.24) is 9.97 Å². The highest BCUT2D eigenvalue weighted by molar-refractivity contribution is 7.15. The average molecular weight is 297 g/mol. The SMILES string of the molecule is CCN(CC)c1ccc(NCc2ncc(Cl)s2)cn1. The second-order valence-electron chi connectivity index (χ2n) is 3.99. The lowest BCUT2D eigenvalue weighted by Crippen LogP contribution is -2.22. The van der Waals surface area contributed by atoms with Crippen LogP contribution < -0.4 is 10.2 Å². The molecule has 0 fully saturated rings. The number of thiazole rings is 1. The van der Waals surface area contributed by atoms with Gasteiger partial charge in [0.15, 0.2) is 0 Å². The zero-order chi connectivity index (χ0) is 13.7. The van der Waals surface area contributed by atoms with Crippen molar-refractivity contribution < 1.29 is 0 Å². The van der Waals surface area contributed by atoms with E-state index < -0.39 is 0 Å². The van der Waals surface area contributed by atoms with Crippen LogP contribution in [0, 0.1) is 0 Å². The topological polar surface area (TPSA) is 41.0 Å². The standard InChI is InChI=1S/C13H17ClN4S/c1-3-18(4-2)12-6-5-10(7-16-12)15-9-13-17-8-11(14)19-13/h5-8,15H,3-4,9H2,1-2H3. The summed E-state index contributed by atoms with van der Waals surface area (Å²) in [5.74, 6) is 1.01. The number of hydrogen-bond acceptors (Lipinski definition) is 5. The fourth-order valence-corrected chi connectivity index (χ4v) is 2.67. The third-order valence-corrected chi connectivity index (χ3v) is 3.92. The Balaban J connectivity index is 1.95. The summed E-state index contributed by atoms with van der Waals surface area (Å²) in [5.41, 5.74) is 0.988. The van der Waals surface area contributed by atoms with Crippen molar-refractivity contribution in [3.8, 4) is 0 Å². The molecule has 0 amide bonds. The first-order valence-electron chi connectivity index (χ1n) is 6.28. The van der Waals surface area contributed by atoms with Gasteiger partial charge in [-0.05, 0) is 26.0 Å². The molecule has 0 bridgehead atoms. The van der Waals surface area contributed by atoms with E-state index in [4.69, 9.17) is 11.6 Å². The summed E-state index contributed by atoms with van der Waals surface area (Å²) in [7, 11) is 0. The van der Waals surface area contributed by atoms with E-state index in [1.807, 2.05) is 18.3 Å². The molecule has 102 valence electrons. The maximum absolute atomic E-state index is 5.84.